The fourth-order valence-corrected chi connectivity index (χ4v) is 1.50. The van der Waals surface area contributed by atoms with E-state index in [1.807, 2.05) is 0 Å². The number of halogens is 1. The number of anilines is 1. The Morgan fingerprint density at radius 2 is 1.88 bits per heavy atom. The minimum absolute atomic E-state index is 0.0416. The SMILES string of the molecule is C/C=C1\OC(=O)N(c2ccc(Cl)cc2)C1=O. The summed E-state index contributed by atoms with van der Waals surface area (Å²) in [6.45, 7) is 1.63. The molecule has 0 aromatic heterocycles. The second kappa shape index (κ2) is 3.98. The number of nitrogens with zero attached hydrogens (tertiary/aromatic N) is 1. The van der Waals surface area contributed by atoms with Crippen molar-refractivity contribution in [3.63, 3.8) is 0 Å². The molecule has 0 unspecified atom stereocenters. The number of benzene rings is 1. The van der Waals surface area contributed by atoms with Gasteiger partial charge in [-0.3, -0.25) is 4.79 Å². The molecule has 0 aliphatic carbocycles. The molecular formula is C11H8ClNO3. The van der Waals surface area contributed by atoms with Crippen molar-refractivity contribution in [1.82, 2.24) is 0 Å². The predicted molar refractivity (Wildman–Crippen MR) is 59.2 cm³/mol. The normalized spacial score (nSPS) is 18.1. The first-order chi connectivity index (χ1) is 7.63. The Bertz CT molecular complexity index is 479. The topological polar surface area (TPSA) is 46.6 Å². The van der Waals surface area contributed by atoms with Crippen molar-refractivity contribution in [2.75, 3.05) is 4.90 Å². The molecule has 4 nitrogen and oxygen atoms in total. The zero-order valence-corrected chi connectivity index (χ0v) is 9.19. The van der Waals surface area contributed by atoms with Crippen molar-refractivity contribution in [3.05, 3.63) is 41.1 Å². The highest BCUT2D eigenvalue weighted by atomic mass is 35.5. The van der Waals surface area contributed by atoms with Crippen molar-refractivity contribution in [2.24, 2.45) is 0 Å². The first-order valence-electron chi connectivity index (χ1n) is 4.61. The number of amides is 2. The molecule has 1 aliphatic rings. The summed E-state index contributed by atoms with van der Waals surface area (Å²) in [5, 5.41) is 0.537. The van der Waals surface area contributed by atoms with E-state index in [1.54, 1.807) is 31.2 Å². The summed E-state index contributed by atoms with van der Waals surface area (Å²) in [6, 6.07) is 6.37. The summed E-state index contributed by atoms with van der Waals surface area (Å²) < 4.78 is 4.79. The number of allylic oxidation sites excluding steroid dienone is 1. The molecule has 1 fully saturated rings. The summed E-state index contributed by atoms with van der Waals surface area (Å²) in [5.41, 5.74) is 0.441. The molecule has 0 spiro atoms. The number of ether oxygens (including phenoxy) is 1. The average Bonchev–Trinajstić information content (AvgIpc) is 2.56. The Kier molecular flexibility index (Phi) is 2.66. The number of hydrogen-bond acceptors (Lipinski definition) is 3. The monoisotopic (exact) mass is 237 g/mol. The third kappa shape index (κ3) is 1.67. The molecule has 5 heteroatoms. The van der Waals surface area contributed by atoms with Gasteiger partial charge in [0, 0.05) is 5.02 Å². The third-order valence-electron chi connectivity index (χ3n) is 2.14. The second-order valence-electron chi connectivity index (χ2n) is 3.14. The maximum absolute atomic E-state index is 11.7. The molecule has 2 amide bonds. The summed E-state index contributed by atoms with van der Waals surface area (Å²) >= 11 is 5.72. The lowest BCUT2D eigenvalue weighted by molar-refractivity contribution is -0.114. The number of carbonyl (C=O) groups excluding carboxylic acids is 2. The van der Waals surface area contributed by atoms with Gasteiger partial charge in [-0.1, -0.05) is 11.6 Å². The first kappa shape index (κ1) is 10.7. The molecule has 16 heavy (non-hydrogen) atoms. The van der Waals surface area contributed by atoms with Gasteiger partial charge in [0.25, 0.3) is 0 Å². The van der Waals surface area contributed by atoms with Gasteiger partial charge >= 0.3 is 12.0 Å². The zero-order chi connectivity index (χ0) is 11.7. The van der Waals surface area contributed by atoms with Crippen LogP contribution in [0.5, 0.6) is 0 Å². The molecular weight excluding hydrogens is 230 g/mol. The van der Waals surface area contributed by atoms with Crippen LogP contribution in [0, 0.1) is 0 Å². The molecule has 1 aliphatic heterocycles. The predicted octanol–water partition coefficient (Wildman–Crippen LogP) is 2.73. The summed E-state index contributed by atoms with van der Waals surface area (Å²) in [7, 11) is 0. The maximum Gasteiger partial charge on any atom is 0.427 e. The fraction of sp³-hybridized carbons (Fsp3) is 0.0909. The van der Waals surface area contributed by atoms with Crippen LogP contribution < -0.4 is 4.90 Å². The van der Waals surface area contributed by atoms with Gasteiger partial charge in [-0.2, -0.15) is 0 Å². The van der Waals surface area contributed by atoms with Gasteiger partial charge in [0.2, 0.25) is 0 Å². The summed E-state index contributed by atoms with van der Waals surface area (Å²) in [6.07, 6.45) is 0.760. The highest BCUT2D eigenvalue weighted by molar-refractivity contribution is 6.30. The van der Waals surface area contributed by atoms with Crippen molar-refractivity contribution < 1.29 is 14.3 Å². The lowest BCUT2D eigenvalue weighted by Crippen LogP contribution is -2.28. The Morgan fingerprint density at radius 3 is 2.38 bits per heavy atom. The minimum Gasteiger partial charge on any atom is -0.404 e. The van der Waals surface area contributed by atoms with E-state index in [9.17, 15) is 9.59 Å². The van der Waals surface area contributed by atoms with Crippen molar-refractivity contribution >= 4 is 29.3 Å². The Morgan fingerprint density at radius 1 is 1.25 bits per heavy atom. The molecule has 1 aromatic carbocycles. The van der Waals surface area contributed by atoms with Crippen LogP contribution in [0.15, 0.2) is 36.1 Å². The molecule has 1 heterocycles. The van der Waals surface area contributed by atoms with Crippen molar-refractivity contribution in [2.45, 2.75) is 6.92 Å². The summed E-state index contributed by atoms with van der Waals surface area (Å²) in [4.78, 5) is 24.1. The van der Waals surface area contributed by atoms with E-state index in [0.717, 1.165) is 4.90 Å². The molecule has 82 valence electrons. The van der Waals surface area contributed by atoms with E-state index in [1.165, 1.54) is 6.08 Å². The minimum atomic E-state index is -0.694. The fourth-order valence-electron chi connectivity index (χ4n) is 1.37. The molecule has 2 rings (SSSR count). The van der Waals surface area contributed by atoms with Crippen molar-refractivity contribution in [3.8, 4) is 0 Å². The lowest BCUT2D eigenvalue weighted by Gasteiger charge is -2.09. The molecule has 1 saturated heterocycles. The van der Waals surface area contributed by atoms with E-state index in [-0.39, 0.29) is 5.76 Å². The first-order valence-corrected chi connectivity index (χ1v) is 4.99. The van der Waals surface area contributed by atoms with Gasteiger partial charge in [-0.25, -0.2) is 9.69 Å². The van der Waals surface area contributed by atoms with E-state index < -0.39 is 12.0 Å². The van der Waals surface area contributed by atoms with Crippen LogP contribution in [0.2, 0.25) is 5.02 Å². The van der Waals surface area contributed by atoms with Crippen LogP contribution in [-0.4, -0.2) is 12.0 Å². The van der Waals surface area contributed by atoms with Crippen LogP contribution in [-0.2, 0) is 9.53 Å². The van der Waals surface area contributed by atoms with E-state index in [0.29, 0.717) is 10.7 Å². The van der Waals surface area contributed by atoms with Crippen LogP contribution >= 0.6 is 11.6 Å². The number of hydrogen-bond donors (Lipinski definition) is 0. The smallest absolute Gasteiger partial charge is 0.404 e. The second-order valence-corrected chi connectivity index (χ2v) is 3.57. The van der Waals surface area contributed by atoms with Gasteiger partial charge in [0.15, 0.2) is 5.76 Å². The van der Waals surface area contributed by atoms with E-state index in [4.69, 9.17) is 16.3 Å². The maximum atomic E-state index is 11.7. The van der Waals surface area contributed by atoms with Crippen molar-refractivity contribution in [1.29, 1.82) is 0 Å². The Balaban J connectivity index is 2.38. The molecule has 1 aromatic rings. The van der Waals surface area contributed by atoms with Gasteiger partial charge in [-0.15, -0.1) is 0 Å². The lowest BCUT2D eigenvalue weighted by atomic mass is 10.3. The van der Waals surface area contributed by atoms with Gasteiger partial charge in [-0.05, 0) is 37.3 Å². The largest absolute Gasteiger partial charge is 0.427 e. The zero-order valence-electron chi connectivity index (χ0n) is 8.44. The number of imide groups is 1. The van der Waals surface area contributed by atoms with Gasteiger partial charge < -0.3 is 4.74 Å². The Hall–Kier alpha value is -1.81. The molecule has 0 atom stereocenters. The van der Waals surface area contributed by atoms with E-state index in [2.05, 4.69) is 0 Å². The van der Waals surface area contributed by atoms with Crippen LogP contribution in [0.4, 0.5) is 10.5 Å². The van der Waals surface area contributed by atoms with Crippen LogP contribution in [0.3, 0.4) is 0 Å². The number of rotatable bonds is 1. The summed E-state index contributed by atoms with van der Waals surface area (Å²) in [5.74, 6) is -0.422. The van der Waals surface area contributed by atoms with Gasteiger partial charge in [0.05, 0.1) is 5.69 Å². The third-order valence-corrected chi connectivity index (χ3v) is 2.39. The van der Waals surface area contributed by atoms with E-state index >= 15 is 0 Å². The van der Waals surface area contributed by atoms with Gasteiger partial charge in [0.1, 0.15) is 0 Å². The Labute approximate surface area is 97.1 Å². The molecule has 0 bridgehead atoms. The number of cyclic esters (lactones) is 1. The average molecular weight is 238 g/mol. The standard InChI is InChI=1S/C11H8ClNO3/c1-2-9-10(14)13(11(15)16-9)8-5-3-7(12)4-6-8/h2-6H,1H3/b9-2-. The number of carbonyl (C=O) groups is 2. The molecule has 0 radical (unpaired) electrons. The highest BCUT2D eigenvalue weighted by Gasteiger charge is 2.37. The highest BCUT2D eigenvalue weighted by Crippen LogP contribution is 2.25. The van der Waals surface area contributed by atoms with Crippen LogP contribution in [0.1, 0.15) is 6.92 Å². The van der Waals surface area contributed by atoms with Crippen LogP contribution in [0.25, 0.3) is 0 Å². The quantitative estimate of drug-likeness (QED) is 0.706. The molecule has 0 saturated carbocycles. The molecule has 0 N–H and O–H groups in total.